The van der Waals surface area contributed by atoms with E-state index < -0.39 is 5.97 Å². The van der Waals surface area contributed by atoms with Crippen LogP contribution in [0.4, 0.5) is 0 Å². The van der Waals surface area contributed by atoms with Crippen molar-refractivity contribution in [3.63, 3.8) is 0 Å². The maximum Gasteiger partial charge on any atom is 0.349 e. The molecule has 4 rings (SSSR count). The molecule has 0 N–H and O–H groups in total. The summed E-state index contributed by atoms with van der Waals surface area (Å²) in [4.78, 5) is 43.7. The summed E-state index contributed by atoms with van der Waals surface area (Å²) in [6, 6.07) is 5.42. The van der Waals surface area contributed by atoms with Crippen LogP contribution in [0.25, 0.3) is 10.2 Å². The smallest absolute Gasteiger partial charge is 0.349 e. The number of nitrogens with zero attached hydrogens (tertiary/aromatic N) is 2. The predicted octanol–water partition coefficient (Wildman–Crippen LogP) is 4.15. The molecular formula is C23H24N2O4S. The lowest BCUT2D eigenvalue weighted by atomic mass is 10.0. The van der Waals surface area contributed by atoms with Gasteiger partial charge in [0, 0.05) is 18.5 Å². The van der Waals surface area contributed by atoms with Gasteiger partial charge in [-0.05, 0) is 56.4 Å². The van der Waals surface area contributed by atoms with Gasteiger partial charge in [0.1, 0.15) is 15.5 Å². The van der Waals surface area contributed by atoms with Crippen molar-refractivity contribution < 1.29 is 14.3 Å². The van der Waals surface area contributed by atoms with Gasteiger partial charge in [-0.3, -0.25) is 14.2 Å². The zero-order valence-electron chi connectivity index (χ0n) is 17.4. The number of benzene rings is 1. The Morgan fingerprint density at radius 2 is 1.93 bits per heavy atom. The summed E-state index contributed by atoms with van der Waals surface area (Å²) < 4.78 is 7.04. The first kappa shape index (κ1) is 20.5. The first-order chi connectivity index (χ1) is 14.4. The number of carbonyl (C=O) groups excluding carboxylic acids is 2. The maximum absolute atomic E-state index is 13.0. The van der Waals surface area contributed by atoms with Crippen molar-refractivity contribution >= 4 is 33.3 Å². The summed E-state index contributed by atoms with van der Waals surface area (Å²) in [5.74, 6) is -0.0570. The van der Waals surface area contributed by atoms with Crippen LogP contribution in [0.5, 0.6) is 0 Å². The third-order valence-corrected chi connectivity index (χ3v) is 6.93. The molecule has 7 heteroatoms. The third kappa shape index (κ3) is 3.69. The van der Waals surface area contributed by atoms with Crippen molar-refractivity contribution in [2.45, 2.75) is 53.0 Å². The van der Waals surface area contributed by atoms with Gasteiger partial charge in [0.05, 0.1) is 5.39 Å². The van der Waals surface area contributed by atoms with Crippen LogP contribution in [-0.4, -0.2) is 27.9 Å². The summed E-state index contributed by atoms with van der Waals surface area (Å²) in [6.45, 7) is 5.98. The highest BCUT2D eigenvalue weighted by molar-refractivity contribution is 7.20. The van der Waals surface area contributed by atoms with Gasteiger partial charge in [0.25, 0.3) is 5.56 Å². The summed E-state index contributed by atoms with van der Waals surface area (Å²) in [5, 5.41) is 0.484. The molecule has 0 saturated carbocycles. The molecule has 6 nitrogen and oxygen atoms in total. The number of rotatable bonds is 4. The fourth-order valence-electron chi connectivity index (χ4n) is 3.80. The van der Waals surface area contributed by atoms with Crippen LogP contribution >= 0.6 is 11.3 Å². The number of esters is 1. The molecule has 0 atom stereocenters. The number of Topliss-reactive ketones (excluding diaryl/α,β-unsaturated/α-hetero) is 1. The van der Waals surface area contributed by atoms with Crippen molar-refractivity contribution in [2.24, 2.45) is 0 Å². The van der Waals surface area contributed by atoms with Gasteiger partial charge < -0.3 is 4.74 Å². The van der Waals surface area contributed by atoms with Gasteiger partial charge in [-0.1, -0.05) is 18.6 Å². The Kier molecular flexibility index (Phi) is 5.56. The molecule has 0 fully saturated rings. The van der Waals surface area contributed by atoms with Crippen LogP contribution in [0.15, 0.2) is 23.0 Å². The minimum Gasteiger partial charge on any atom is -0.453 e. The molecule has 1 aliphatic rings. The SMILES string of the molecule is Cc1ccc(C(=O)COC(=O)c2sc3nc4n(c(=O)c3c2C)CCCCC4)cc1C. The molecule has 0 radical (unpaired) electrons. The largest absolute Gasteiger partial charge is 0.453 e. The first-order valence-electron chi connectivity index (χ1n) is 10.2. The Hall–Kier alpha value is -2.80. The Balaban J connectivity index is 1.58. The minimum absolute atomic E-state index is 0.0871. The Bertz CT molecular complexity index is 1220. The number of hydrogen-bond donors (Lipinski definition) is 0. The molecule has 30 heavy (non-hydrogen) atoms. The van der Waals surface area contributed by atoms with Crippen molar-refractivity contribution in [2.75, 3.05) is 6.61 Å². The molecule has 0 saturated heterocycles. The average molecular weight is 425 g/mol. The first-order valence-corrected chi connectivity index (χ1v) is 11.0. The van der Waals surface area contributed by atoms with Gasteiger partial charge in [-0.25, -0.2) is 9.78 Å². The van der Waals surface area contributed by atoms with Crippen molar-refractivity contribution in [1.29, 1.82) is 0 Å². The normalized spacial score (nSPS) is 13.7. The number of ketones is 1. The highest BCUT2D eigenvalue weighted by Gasteiger charge is 2.23. The fraction of sp³-hybridized carbons (Fsp3) is 0.391. The predicted molar refractivity (Wildman–Crippen MR) is 117 cm³/mol. The van der Waals surface area contributed by atoms with Crippen molar-refractivity contribution in [3.8, 4) is 0 Å². The Morgan fingerprint density at radius 1 is 1.13 bits per heavy atom. The van der Waals surface area contributed by atoms with E-state index in [-0.39, 0.29) is 17.9 Å². The van der Waals surface area contributed by atoms with Crippen LogP contribution in [0.3, 0.4) is 0 Å². The second-order valence-corrected chi connectivity index (χ2v) is 8.83. The number of fused-ring (bicyclic) bond motifs is 2. The second kappa shape index (κ2) is 8.14. The molecule has 0 aliphatic carbocycles. The van der Waals surface area contributed by atoms with Crippen LogP contribution in [0.1, 0.15) is 61.8 Å². The number of thiophene rings is 1. The molecule has 1 aliphatic heterocycles. The van der Waals surface area contributed by atoms with Crippen LogP contribution in [-0.2, 0) is 17.7 Å². The van der Waals surface area contributed by atoms with E-state index in [1.165, 1.54) is 11.3 Å². The average Bonchev–Trinajstić information content (AvgIpc) is 2.89. The van der Waals surface area contributed by atoms with Gasteiger partial charge in [-0.2, -0.15) is 0 Å². The van der Waals surface area contributed by atoms with Crippen molar-refractivity contribution in [3.05, 3.63) is 61.5 Å². The molecule has 2 aromatic heterocycles. The molecular weight excluding hydrogens is 400 g/mol. The molecule has 0 bridgehead atoms. The van der Waals surface area contributed by atoms with Crippen LogP contribution in [0, 0.1) is 20.8 Å². The summed E-state index contributed by atoms with van der Waals surface area (Å²) >= 11 is 1.17. The number of aryl methyl sites for hydroxylation is 4. The summed E-state index contributed by atoms with van der Waals surface area (Å²) in [7, 11) is 0. The number of aromatic nitrogens is 2. The molecule has 1 aromatic carbocycles. The van der Waals surface area contributed by atoms with Gasteiger partial charge in [0.15, 0.2) is 12.4 Å². The lowest BCUT2D eigenvalue weighted by molar-refractivity contribution is 0.0479. The quantitative estimate of drug-likeness (QED) is 0.464. The summed E-state index contributed by atoms with van der Waals surface area (Å²) in [5.41, 5.74) is 3.12. The standard InChI is InChI=1S/C23H24N2O4S/c1-13-8-9-16(11-14(13)2)17(26)12-29-23(28)20-15(3)19-21(30-20)24-18-7-5-4-6-10-25(18)22(19)27/h8-9,11H,4-7,10,12H2,1-3H3. The second-order valence-electron chi connectivity index (χ2n) is 7.83. The molecule has 156 valence electrons. The van der Waals surface area contributed by atoms with E-state index in [0.29, 0.717) is 32.8 Å². The van der Waals surface area contributed by atoms with E-state index in [0.717, 1.165) is 42.6 Å². The third-order valence-electron chi connectivity index (χ3n) is 5.76. The van der Waals surface area contributed by atoms with E-state index in [9.17, 15) is 14.4 Å². The van der Waals surface area contributed by atoms with Crippen LogP contribution in [0.2, 0.25) is 0 Å². The monoisotopic (exact) mass is 424 g/mol. The van der Waals surface area contributed by atoms with E-state index in [1.54, 1.807) is 23.6 Å². The zero-order chi connectivity index (χ0) is 21.4. The number of carbonyl (C=O) groups is 2. The van der Waals surface area contributed by atoms with Crippen LogP contribution < -0.4 is 5.56 Å². The van der Waals surface area contributed by atoms with Gasteiger partial charge >= 0.3 is 5.97 Å². The Labute approximate surface area is 178 Å². The van der Waals surface area contributed by atoms with Gasteiger partial charge in [-0.15, -0.1) is 11.3 Å². The minimum atomic E-state index is -0.590. The lowest BCUT2D eigenvalue weighted by Crippen LogP contribution is -2.24. The van der Waals surface area contributed by atoms with E-state index >= 15 is 0 Å². The number of ether oxygens (including phenoxy) is 1. The van der Waals surface area contributed by atoms with E-state index in [4.69, 9.17) is 4.74 Å². The number of hydrogen-bond acceptors (Lipinski definition) is 6. The fourth-order valence-corrected chi connectivity index (χ4v) is 4.88. The van der Waals surface area contributed by atoms with Crippen molar-refractivity contribution in [1.82, 2.24) is 9.55 Å². The van der Waals surface area contributed by atoms with E-state index in [2.05, 4.69) is 4.98 Å². The van der Waals surface area contributed by atoms with E-state index in [1.807, 2.05) is 19.9 Å². The topological polar surface area (TPSA) is 78.3 Å². The Morgan fingerprint density at radius 3 is 2.70 bits per heavy atom. The summed E-state index contributed by atoms with van der Waals surface area (Å²) in [6.07, 6.45) is 3.82. The highest BCUT2D eigenvalue weighted by Crippen LogP contribution is 2.29. The maximum atomic E-state index is 13.0. The molecule has 3 aromatic rings. The molecule has 0 unspecified atom stereocenters. The lowest BCUT2D eigenvalue weighted by Gasteiger charge is -2.08. The molecule has 0 amide bonds. The van der Waals surface area contributed by atoms with Gasteiger partial charge in [0.2, 0.25) is 0 Å². The highest BCUT2D eigenvalue weighted by atomic mass is 32.1. The molecule has 3 heterocycles. The zero-order valence-corrected chi connectivity index (χ0v) is 18.2. The molecule has 0 spiro atoms.